The number of hydrogen-bond acceptors (Lipinski definition) is 3. The van der Waals surface area contributed by atoms with E-state index >= 15 is 0 Å². The molecule has 30 heavy (non-hydrogen) atoms. The van der Waals surface area contributed by atoms with Gasteiger partial charge in [0.2, 0.25) is 0 Å². The normalized spacial score (nSPS) is 26.5. The Morgan fingerprint density at radius 1 is 0.933 bits per heavy atom. The first-order valence-corrected chi connectivity index (χ1v) is 10.7. The molecule has 1 spiro atoms. The molecule has 154 valence electrons. The third-order valence-electron chi connectivity index (χ3n) is 7.19. The van der Waals surface area contributed by atoms with E-state index in [2.05, 4.69) is 59.6 Å². The highest BCUT2D eigenvalue weighted by Gasteiger charge is 2.50. The summed E-state index contributed by atoms with van der Waals surface area (Å²) in [7, 11) is 4.35. The number of anilines is 1. The fraction of sp³-hybridized carbons (Fsp3) is 0.360. The Bertz CT molecular complexity index is 1070. The topological polar surface area (TPSA) is 48.5 Å². The van der Waals surface area contributed by atoms with Gasteiger partial charge in [-0.15, -0.1) is 0 Å². The molecule has 2 heterocycles. The summed E-state index contributed by atoms with van der Waals surface area (Å²) in [5, 5.41) is 4.38. The van der Waals surface area contributed by atoms with Gasteiger partial charge < -0.3 is 5.32 Å². The zero-order valence-electron chi connectivity index (χ0n) is 17.6. The predicted octanol–water partition coefficient (Wildman–Crippen LogP) is 4.53. The van der Waals surface area contributed by atoms with Gasteiger partial charge in [0.25, 0.3) is 0 Å². The van der Waals surface area contributed by atoms with E-state index in [1.54, 1.807) is 6.20 Å². The highest BCUT2D eigenvalue weighted by molar-refractivity contribution is 6.03. The zero-order chi connectivity index (χ0) is 20.8. The van der Waals surface area contributed by atoms with E-state index in [4.69, 9.17) is 0 Å². The minimum atomic E-state index is -0.171. The van der Waals surface area contributed by atoms with Crippen molar-refractivity contribution in [2.24, 2.45) is 0 Å². The number of amides is 2. The van der Waals surface area contributed by atoms with Crippen molar-refractivity contribution in [3.8, 4) is 0 Å². The second kappa shape index (κ2) is 7.10. The summed E-state index contributed by atoms with van der Waals surface area (Å²) >= 11 is 0. The molecule has 0 bridgehead atoms. The minimum Gasteiger partial charge on any atom is -0.330 e. The number of nitrogens with one attached hydrogen (secondary N) is 1. The zero-order valence-corrected chi connectivity index (χ0v) is 17.6. The molecule has 1 aromatic heterocycles. The number of fused-ring (bicyclic) bond motifs is 1. The molecule has 2 aromatic carbocycles. The molecule has 1 N–H and O–H groups in total. The second-order valence-electron chi connectivity index (χ2n) is 8.94. The van der Waals surface area contributed by atoms with Gasteiger partial charge in [0.1, 0.15) is 0 Å². The van der Waals surface area contributed by atoms with E-state index in [-0.39, 0.29) is 17.1 Å². The number of rotatable bonds is 3. The number of urea groups is 1. The molecule has 1 saturated carbocycles. The molecular weight excluding hydrogens is 372 g/mol. The predicted molar refractivity (Wildman–Crippen MR) is 121 cm³/mol. The monoisotopic (exact) mass is 400 g/mol. The van der Waals surface area contributed by atoms with Crippen molar-refractivity contribution in [3.05, 3.63) is 72.4 Å². The largest absolute Gasteiger partial charge is 0.330 e. The summed E-state index contributed by atoms with van der Waals surface area (Å²) in [4.78, 5) is 21.8. The molecule has 0 atom stereocenters. The van der Waals surface area contributed by atoms with E-state index in [1.165, 1.54) is 5.56 Å². The van der Waals surface area contributed by atoms with E-state index in [0.29, 0.717) is 6.54 Å². The molecule has 0 unspecified atom stereocenters. The molecule has 1 aliphatic heterocycles. The average Bonchev–Trinajstić information content (AvgIpc) is 3.10. The average molecular weight is 401 g/mol. The van der Waals surface area contributed by atoms with Crippen LogP contribution in [0.25, 0.3) is 10.9 Å². The van der Waals surface area contributed by atoms with Gasteiger partial charge in [-0.3, -0.25) is 14.8 Å². The van der Waals surface area contributed by atoms with Gasteiger partial charge in [0.15, 0.2) is 0 Å². The number of aromatic nitrogens is 1. The number of hydrogen-bond donors (Lipinski definition) is 1. The van der Waals surface area contributed by atoms with Crippen molar-refractivity contribution < 1.29 is 4.79 Å². The Hall–Kier alpha value is -2.92. The molecule has 0 radical (unpaired) electrons. The highest BCUT2D eigenvalue weighted by atomic mass is 16.2. The van der Waals surface area contributed by atoms with Crippen LogP contribution in [0.2, 0.25) is 0 Å². The number of pyridine rings is 1. The summed E-state index contributed by atoms with van der Waals surface area (Å²) in [6.07, 6.45) is 5.77. The number of carbonyl (C=O) groups excluding carboxylic acids is 1. The molecule has 3 aromatic rings. The second-order valence-corrected chi connectivity index (χ2v) is 8.94. The van der Waals surface area contributed by atoms with Crippen LogP contribution in [0.5, 0.6) is 0 Å². The van der Waals surface area contributed by atoms with Crippen molar-refractivity contribution in [1.29, 1.82) is 0 Å². The molecule has 1 aliphatic carbocycles. The SMILES string of the molecule is CN(C)C1(c2ccccc2)CCC2(CC1)CN(c1cccc3ncccc13)C(=O)N2. The van der Waals surface area contributed by atoms with Crippen molar-refractivity contribution in [3.63, 3.8) is 0 Å². The van der Waals surface area contributed by atoms with Gasteiger partial charge in [-0.1, -0.05) is 36.4 Å². The maximum atomic E-state index is 13.0. The maximum absolute atomic E-state index is 13.0. The number of nitrogens with zero attached hydrogens (tertiary/aromatic N) is 3. The van der Waals surface area contributed by atoms with Crippen LogP contribution in [0.1, 0.15) is 31.2 Å². The Morgan fingerprint density at radius 2 is 1.70 bits per heavy atom. The molecule has 5 rings (SSSR count). The number of carbonyl (C=O) groups is 1. The Kier molecular flexibility index (Phi) is 4.51. The van der Waals surface area contributed by atoms with Gasteiger partial charge in [-0.2, -0.15) is 0 Å². The van der Waals surface area contributed by atoms with Gasteiger partial charge in [-0.25, -0.2) is 4.79 Å². The van der Waals surface area contributed by atoms with Crippen LogP contribution in [0.15, 0.2) is 66.9 Å². The van der Waals surface area contributed by atoms with Crippen LogP contribution >= 0.6 is 0 Å². The van der Waals surface area contributed by atoms with E-state index in [0.717, 1.165) is 42.3 Å². The lowest BCUT2D eigenvalue weighted by molar-refractivity contribution is 0.0658. The summed E-state index contributed by atoms with van der Waals surface area (Å²) in [5.74, 6) is 0. The summed E-state index contributed by atoms with van der Waals surface area (Å²) in [6.45, 7) is 0.706. The van der Waals surface area contributed by atoms with Crippen LogP contribution in [0.3, 0.4) is 0 Å². The van der Waals surface area contributed by atoms with Gasteiger partial charge in [0.05, 0.1) is 23.3 Å². The lowest BCUT2D eigenvalue weighted by atomic mass is 9.69. The Morgan fingerprint density at radius 3 is 2.43 bits per heavy atom. The molecule has 2 amide bonds. The summed E-state index contributed by atoms with van der Waals surface area (Å²) in [6, 6.07) is 20.8. The van der Waals surface area contributed by atoms with Crippen molar-refractivity contribution in [1.82, 2.24) is 15.2 Å². The fourth-order valence-corrected chi connectivity index (χ4v) is 5.39. The lowest BCUT2D eigenvalue weighted by Gasteiger charge is -2.48. The third-order valence-corrected chi connectivity index (χ3v) is 7.19. The Labute approximate surface area is 177 Å². The minimum absolute atomic E-state index is 0.00316. The first-order chi connectivity index (χ1) is 14.5. The quantitative estimate of drug-likeness (QED) is 0.702. The Balaban J connectivity index is 1.42. The first kappa shape index (κ1) is 19.1. The van der Waals surface area contributed by atoms with Gasteiger partial charge >= 0.3 is 6.03 Å². The molecule has 5 nitrogen and oxygen atoms in total. The smallest absolute Gasteiger partial charge is 0.322 e. The van der Waals surface area contributed by atoms with Crippen LogP contribution in [-0.4, -0.2) is 42.1 Å². The highest BCUT2D eigenvalue weighted by Crippen LogP contribution is 2.46. The molecule has 2 aliphatic rings. The first-order valence-electron chi connectivity index (χ1n) is 10.7. The van der Waals surface area contributed by atoms with Crippen LogP contribution < -0.4 is 10.2 Å². The molecule has 2 fully saturated rings. The van der Waals surface area contributed by atoms with Gasteiger partial charge in [-0.05, 0) is 69.6 Å². The van der Waals surface area contributed by atoms with Crippen LogP contribution in [-0.2, 0) is 5.54 Å². The fourth-order valence-electron chi connectivity index (χ4n) is 5.39. The van der Waals surface area contributed by atoms with Crippen molar-refractivity contribution in [2.75, 3.05) is 25.5 Å². The maximum Gasteiger partial charge on any atom is 0.322 e. The summed E-state index contributed by atoms with van der Waals surface area (Å²) < 4.78 is 0. The standard InChI is InChI=1S/C25H28N4O/c1-28(2)25(19-8-4-3-5-9-19)15-13-24(14-16-25)18-29(23(30)27-24)22-12-6-11-21-20(22)10-7-17-26-21/h3-12,17H,13-16,18H2,1-2H3,(H,27,30). The van der Waals surface area contributed by atoms with Crippen molar-refractivity contribution >= 4 is 22.6 Å². The van der Waals surface area contributed by atoms with E-state index in [1.807, 2.05) is 35.2 Å². The lowest BCUT2D eigenvalue weighted by Crippen LogP contribution is -2.54. The van der Waals surface area contributed by atoms with E-state index in [9.17, 15) is 4.79 Å². The number of benzene rings is 2. The molecule has 5 heteroatoms. The van der Waals surface area contributed by atoms with Crippen molar-refractivity contribution in [2.45, 2.75) is 36.8 Å². The van der Waals surface area contributed by atoms with Crippen LogP contribution in [0.4, 0.5) is 10.5 Å². The van der Waals surface area contributed by atoms with Gasteiger partial charge in [0, 0.05) is 17.1 Å². The molecular formula is C25H28N4O. The summed E-state index contributed by atoms with van der Waals surface area (Å²) in [5.41, 5.74) is 3.08. The molecule has 1 saturated heterocycles. The van der Waals surface area contributed by atoms with Crippen LogP contribution in [0, 0.1) is 0 Å². The third kappa shape index (κ3) is 2.96. The van der Waals surface area contributed by atoms with E-state index < -0.39 is 0 Å².